The van der Waals surface area contributed by atoms with Crippen LogP contribution in [0.1, 0.15) is 6.42 Å². The molecule has 0 spiro atoms. The van der Waals surface area contributed by atoms with Crippen LogP contribution in [0.5, 0.6) is 0 Å². The molecule has 1 heterocycles. The van der Waals surface area contributed by atoms with E-state index in [1.54, 1.807) is 0 Å². The van der Waals surface area contributed by atoms with Crippen LogP contribution in [-0.4, -0.2) is 30.5 Å². The summed E-state index contributed by atoms with van der Waals surface area (Å²) < 4.78 is 12.3. The summed E-state index contributed by atoms with van der Waals surface area (Å²) in [6.45, 7) is 1.04. The summed E-state index contributed by atoms with van der Waals surface area (Å²) in [4.78, 5) is 0. The molecule has 2 atom stereocenters. The standard InChI is InChI=1S/C5H10FNO.ClH/c6-4-3-7-2-1-5(4)8;/h4-5,7-8H,1-3H2;1H/t4-,5-;/m0./s1. The van der Waals surface area contributed by atoms with Crippen LogP contribution in [0.2, 0.25) is 0 Å². The number of hydrogen-bond acceptors (Lipinski definition) is 2. The van der Waals surface area contributed by atoms with Gasteiger partial charge in [0.25, 0.3) is 0 Å². The lowest BCUT2D eigenvalue weighted by Crippen LogP contribution is -2.41. The van der Waals surface area contributed by atoms with E-state index < -0.39 is 12.3 Å². The summed E-state index contributed by atoms with van der Waals surface area (Å²) in [5.74, 6) is 0. The fraction of sp³-hybridized carbons (Fsp3) is 1.00. The van der Waals surface area contributed by atoms with Gasteiger partial charge in [-0.05, 0) is 13.0 Å². The second kappa shape index (κ2) is 4.04. The third-order valence-corrected chi connectivity index (χ3v) is 1.37. The SMILES string of the molecule is Cl.O[C@H]1CCNC[C@@H]1F. The third kappa shape index (κ3) is 2.47. The first-order valence-electron chi connectivity index (χ1n) is 2.83. The van der Waals surface area contributed by atoms with Gasteiger partial charge in [0.1, 0.15) is 6.17 Å². The van der Waals surface area contributed by atoms with Crippen LogP contribution in [0.4, 0.5) is 4.39 Å². The number of nitrogens with one attached hydrogen (secondary N) is 1. The van der Waals surface area contributed by atoms with Crippen molar-refractivity contribution >= 4 is 12.4 Å². The van der Waals surface area contributed by atoms with Crippen molar-refractivity contribution in [2.24, 2.45) is 0 Å². The Morgan fingerprint density at radius 1 is 1.56 bits per heavy atom. The minimum absolute atomic E-state index is 0. The number of rotatable bonds is 0. The second-order valence-electron chi connectivity index (χ2n) is 2.08. The highest BCUT2D eigenvalue weighted by atomic mass is 35.5. The largest absolute Gasteiger partial charge is 0.390 e. The van der Waals surface area contributed by atoms with Crippen LogP contribution >= 0.6 is 12.4 Å². The number of alkyl halides is 1. The number of hydrogen-bond donors (Lipinski definition) is 2. The zero-order chi connectivity index (χ0) is 5.98. The van der Waals surface area contributed by atoms with E-state index in [-0.39, 0.29) is 12.4 Å². The average Bonchev–Trinajstić information content (AvgIpc) is 1.77. The monoisotopic (exact) mass is 155 g/mol. The van der Waals surface area contributed by atoms with E-state index in [1.807, 2.05) is 0 Å². The fourth-order valence-corrected chi connectivity index (χ4v) is 0.807. The van der Waals surface area contributed by atoms with E-state index in [4.69, 9.17) is 5.11 Å². The number of aliphatic hydroxyl groups is 1. The maximum atomic E-state index is 12.3. The molecule has 0 radical (unpaired) electrons. The van der Waals surface area contributed by atoms with E-state index in [1.165, 1.54) is 0 Å². The predicted octanol–water partition coefficient (Wildman–Crippen LogP) is 0.101. The van der Waals surface area contributed by atoms with Gasteiger partial charge in [0.05, 0.1) is 6.10 Å². The predicted molar refractivity (Wildman–Crippen MR) is 35.6 cm³/mol. The van der Waals surface area contributed by atoms with Crippen molar-refractivity contribution in [1.29, 1.82) is 0 Å². The van der Waals surface area contributed by atoms with Crippen molar-refractivity contribution in [3.63, 3.8) is 0 Å². The molecule has 0 aromatic heterocycles. The molecule has 0 aromatic carbocycles. The van der Waals surface area contributed by atoms with Crippen molar-refractivity contribution in [3.8, 4) is 0 Å². The topological polar surface area (TPSA) is 32.3 Å². The summed E-state index contributed by atoms with van der Waals surface area (Å²) in [6.07, 6.45) is -1.23. The highest BCUT2D eigenvalue weighted by Crippen LogP contribution is 2.05. The quantitative estimate of drug-likeness (QED) is 0.520. The Labute approximate surface area is 59.9 Å². The van der Waals surface area contributed by atoms with Gasteiger partial charge in [-0.25, -0.2) is 4.39 Å². The summed E-state index contributed by atoms with van der Waals surface area (Å²) in [7, 11) is 0. The average molecular weight is 156 g/mol. The van der Waals surface area contributed by atoms with Gasteiger partial charge in [0, 0.05) is 6.54 Å². The lowest BCUT2D eigenvalue weighted by atomic mass is 10.1. The van der Waals surface area contributed by atoms with Gasteiger partial charge in [-0.1, -0.05) is 0 Å². The van der Waals surface area contributed by atoms with E-state index in [0.29, 0.717) is 13.0 Å². The van der Waals surface area contributed by atoms with Crippen molar-refractivity contribution in [2.45, 2.75) is 18.7 Å². The molecule has 1 rings (SSSR count). The molecule has 0 unspecified atom stereocenters. The van der Waals surface area contributed by atoms with Crippen LogP contribution in [-0.2, 0) is 0 Å². The van der Waals surface area contributed by atoms with Gasteiger partial charge in [-0.3, -0.25) is 0 Å². The van der Waals surface area contributed by atoms with Gasteiger partial charge in [-0.2, -0.15) is 0 Å². The summed E-state index contributed by atoms with van der Waals surface area (Å²) in [6, 6.07) is 0. The normalized spacial score (nSPS) is 35.3. The highest BCUT2D eigenvalue weighted by molar-refractivity contribution is 5.85. The Bertz CT molecular complexity index is 73.4. The van der Waals surface area contributed by atoms with Gasteiger partial charge >= 0.3 is 0 Å². The van der Waals surface area contributed by atoms with Gasteiger partial charge in [0.15, 0.2) is 0 Å². The Kier molecular flexibility index (Phi) is 4.10. The van der Waals surface area contributed by atoms with Crippen LogP contribution in [0.3, 0.4) is 0 Å². The summed E-state index contributed by atoms with van der Waals surface area (Å²) >= 11 is 0. The molecule has 0 aliphatic carbocycles. The molecule has 1 saturated heterocycles. The molecule has 0 amide bonds. The van der Waals surface area contributed by atoms with E-state index >= 15 is 0 Å². The summed E-state index contributed by atoms with van der Waals surface area (Å²) in [5.41, 5.74) is 0. The zero-order valence-corrected chi connectivity index (χ0v) is 5.83. The molecule has 1 aliphatic heterocycles. The van der Waals surface area contributed by atoms with E-state index in [9.17, 15) is 4.39 Å². The number of halogens is 2. The molecule has 1 aliphatic rings. The van der Waals surface area contributed by atoms with Crippen LogP contribution in [0, 0.1) is 0 Å². The highest BCUT2D eigenvalue weighted by Gasteiger charge is 2.20. The lowest BCUT2D eigenvalue weighted by Gasteiger charge is -2.21. The van der Waals surface area contributed by atoms with E-state index in [2.05, 4.69) is 5.32 Å². The Morgan fingerprint density at radius 3 is 2.56 bits per heavy atom. The molecule has 2 nitrogen and oxygen atoms in total. The number of aliphatic hydroxyl groups excluding tert-OH is 1. The van der Waals surface area contributed by atoms with Crippen LogP contribution < -0.4 is 5.32 Å². The zero-order valence-electron chi connectivity index (χ0n) is 5.01. The molecule has 4 heteroatoms. The maximum Gasteiger partial charge on any atom is 0.138 e. The first-order valence-corrected chi connectivity index (χ1v) is 2.83. The Hall–Kier alpha value is 0.140. The molecule has 9 heavy (non-hydrogen) atoms. The van der Waals surface area contributed by atoms with Crippen LogP contribution in [0.15, 0.2) is 0 Å². The van der Waals surface area contributed by atoms with Crippen LogP contribution in [0.25, 0.3) is 0 Å². The molecular weight excluding hydrogens is 145 g/mol. The second-order valence-corrected chi connectivity index (χ2v) is 2.08. The molecule has 0 bridgehead atoms. The first kappa shape index (κ1) is 9.14. The third-order valence-electron chi connectivity index (χ3n) is 1.37. The Morgan fingerprint density at radius 2 is 2.22 bits per heavy atom. The summed E-state index contributed by atoms with van der Waals surface area (Å²) in [5, 5.41) is 11.6. The minimum atomic E-state index is -1.05. The molecular formula is C5H11ClFNO. The molecule has 56 valence electrons. The number of piperidine rings is 1. The lowest BCUT2D eigenvalue weighted by molar-refractivity contribution is 0.0532. The molecule has 2 N–H and O–H groups in total. The fourth-order valence-electron chi connectivity index (χ4n) is 0.807. The van der Waals surface area contributed by atoms with Crippen molar-refractivity contribution < 1.29 is 9.50 Å². The van der Waals surface area contributed by atoms with Gasteiger partial charge < -0.3 is 10.4 Å². The Balaban J connectivity index is 0.000000640. The molecule has 1 fully saturated rings. The van der Waals surface area contributed by atoms with Gasteiger partial charge in [0.2, 0.25) is 0 Å². The van der Waals surface area contributed by atoms with Crippen molar-refractivity contribution in [2.75, 3.05) is 13.1 Å². The molecule has 0 saturated carbocycles. The van der Waals surface area contributed by atoms with Gasteiger partial charge in [-0.15, -0.1) is 12.4 Å². The maximum absolute atomic E-state index is 12.3. The van der Waals surface area contributed by atoms with E-state index in [0.717, 1.165) is 6.54 Å². The van der Waals surface area contributed by atoms with Crippen molar-refractivity contribution in [1.82, 2.24) is 5.32 Å². The smallest absolute Gasteiger partial charge is 0.138 e. The molecule has 0 aromatic rings. The minimum Gasteiger partial charge on any atom is -0.390 e. The first-order chi connectivity index (χ1) is 3.80. The van der Waals surface area contributed by atoms with Crippen molar-refractivity contribution in [3.05, 3.63) is 0 Å².